The molecule has 0 radical (unpaired) electrons. The van der Waals surface area contributed by atoms with E-state index in [0.717, 1.165) is 5.56 Å². The Morgan fingerprint density at radius 2 is 1.87 bits per heavy atom. The molecule has 0 aliphatic carbocycles. The minimum Gasteiger partial charge on any atom is -0.444 e. The number of nitrogens with one attached hydrogen (secondary N) is 2. The van der Waals surface area contributed by atoms with Gasteiger partial charge < -0.3 is 9.57 Å². The molecule has 30 heavy (non-hydrogen) atoms. The predicted molar refractivity (Wildman–Crippen MR) is 112 cm³/mol. The van der Waals surface area contributed by atoms with Gasteiger partial charge in [-0.25, -0.2) is 14.5 Å². The molecule has 10 nitrogen and oxygen atoms in total. The number of amides is 1. The van der Waals surface area contributed by atoms with Crippen molar-refractivity contribution in [1.29, 1.82) is 0 Å². The second-order valence-corrected chi connectivity index (χ2v) is 7.28. The number of hydrogen-bond acceptors (Lipinski definition) is 8. The highest BCUT2D eigenvalue weighted by Gasteiger charge is 2.17. The number of aromatic nitrogens is 5. The number of rotatable bonds is 6. The van der Waals surface area contributed by atoms with Crippen molar-refractivity contribution in [1.82, 2.24) is 25.2 Å². The first-order chi connectivity index (χ1) is 14.3. The molecule has 2 aromatic heterocycles. The van der Waals surface area contributed by atoms with Crippen molar-refractivity contribution in [3.05, 3.63) is 59.8 Å². The molecule has 2 heterocycles. The lowest BCUT2D eigenvalue weighted by Crippen LogP contribution is -2.27. The molecular weight excluding hydrogens is 386 g/mol. The van der Waals surface area contributed by atoms with Gasteiger partial charge in [-0.05, 0) is 55.0 Å². The Kier molecular flexibility index (Phi) is 6.26. The first-order valence-corrected chi connectivity index (χ1v) is 9.19. The summed E-state index contributed by atoms with van der Waals surface area (Å²) in [6.45, 7) is 5.37. The molecule has 0 saturated heterocycles. The Balaban J connectivity index is 1.84. The maximum atomic E-state index is 12.1. The van der Waals surface area contributed by atoms with Crippen LogP contribution < -0.4 is 10.8 Å². The van der Waals surface area contributed by atoms with E-state index in [-0.39, 0.29) is 0 Å². The lowest BCUT2D eigenvalue weighted by Gasteiger charge is -2.19. The fourth-order valence-corrected chi connectivity index (χ4v) is 2.32. The van der Waals surface area contributed by atoms with Crippen molar-refractivity contribution in [3.8, 4) is 0 Å². The van der Waals surface area contributed by atoms with Crippen LogP contribution in [0, 0.1) is 0 Å². The van der Waals surface area contributed by atoms with Crippen LogP contribution in [0.1, 0.15) is 32.0 Å². The van der Waals surface area contributed by atoms with Crippen molar-refractivity contribution >= 4 is 29.7 Å². The zero-order chi connectivity index (χ0) is 21.6. The fraction of sp³-hybridized carbons (Fsp3) is 0.250. The molecule has 0 atom stereocenters. The van der Waals surface area contributed by atoms with Crippen LogP contribution in [0.4, 0.5) is 16.6 Å². The molecule has 0 aliphatic heterocycles. The van der Waals surface area contributed by atoms with E-state index >= 15 is 0 Å². The predicted octanol–water partition coefficient (Wildman–Crippen LogP) is 3.49. The summed E-state index contributed by atoms with van der Waals surface area (Å²) in [5.74, 6) is 1.04. The Labute approximate surface area is 173 Å². The summed E-state index contributed by atoms with van der Waals surface area (Å²) in [7, 11) is 1.68. The van der Waals surface area contributed by atoms with E-state index in [9.17, 15) is 4.79 Å². The number of hydrogen-bond donors (Lipinski definition) is 2. The molecular formula is C20H23N7O3. The molecule has 2 N–H and O–H groups in total. The van der Waals surface area contributed by atoms with Gasteiger partial charge in [0.15, 0.2) is 5.76 Å². The third-order valence-corrected chi connectivity index (χ3v) is 3.60. The van der Waals surface area contributed by atoms with Crippen molar-refractivity contribution in [2.24, 2.45) is 7.05 Å². The van der Waals surface area contributed by atoms with Crippen LogP contribution in [0.15, 0.2) is 48.5 Å². The highest BCUT2D eigenvalue weighted by molar-refractivity contribution is 5.84. The zero-order valence-corrected chi connectivity index (χ0v) is 17.2. The van der Waals surface area contributed by atoms with E-state index in [2.05, 4.69) is 31.3 Å². The lowest BCUT2D eigenvalue weighted by atomic mass is 10.2. The molecule has 0 bridgehead atoms. The van der Waals surface area contributed by atoms with Crippen LogP contribution in [0.5, 0.6) is 0 Å². The summed E-state index contributed by atoms with van der Waals surface area (Å²) in [6.07, 6.45) is 1.21. The quantitative estimate of drug-likeness (QED) is 0.469. The SMILES string of the molecule is Cn1nnnc1NO/C(=C\c1ccccc1)c1cccc(NC(=O)OC(C)(C)C)n1. The van der Waals surface area contributed by atoms with E-state index in [4.69, 9.17) is 9.57 Å². The standard InChI is InChI=1S/C20H23N7O3/c1-20(2,3)29-19(28)22-17-12-8-11-15(21-17)16(13-14-9-6-5-7-10-14)30-24-18-23-25-26-27(18)4/h5-13H,1-4H3,(H,21,22,28)(H,23,24,26)/b16-13-. The van der Waals surface area contributed by atoms with Crippen molar-refractivity contribution in [3.63, 3.8) is 0 Å². The summed E-state index contributed by atoms with van der Waals surface area (Å²) >= 11 is 0. The largest absolute Gasteiger partial charge is 0.444 e. The molecule has 0 fully saturated rings. The number of benzene rings is 1. The molecule has 0 saturated carbocycles. The van der Waals surface area contributed by atoms with Gasteiger partial charge in [-0.2, -0.15) is 5.48 Å². The summed E-state index contributed by atoms with van der Waals surface area (Å²) in [6, 6.07) is 14.8. The molecule has 3 aromatic rings. The topological polar surface area (TPSA) is 116 Å². The minimum atomic E-state index is -0.614. The molecule has 156 valence electrons. The van der Waals surface area contributed by atoms with E-state index in [1.807, 2.05) is 30.3 Å². The molecule has 1 aromatic carbocycles. The van der Waals surface area contributed by atoms with Crippen molar-refractivity contribution < 1.29 is 14.4 Å². The Morgan fingerprint density at radius 1 is 1.10 bits per heavy atom. The summed E-state index contributed by atoms with van der Waals surface area (Å²) < 4.78 is 6.70. The Bertz CT molecular complexity index is 1030. The third-order valence-electron chi connectivity index (χ3n) is 3.60. The summed E-state index contributed by atoms with van der Waals surface area (Å²) in [5.41, 5.74) is 3.48. The zero-order valence-electron chi connectivity index (χ0n) is 17.2. The van der Waals surface area contributed by atoms with Gasteiger partial charge in [-0.1, -0.05) is 41.5 Å². The number of tetrazole rings is 1. The van der Waals surface area contributed by atoms with Crippen LogP contribution in [0.3, 0.4) is 0 Å². The second kappa shape index (κ2) is 9.03. The van der Waals surface area contributed by atoms with Crippen molar-refractivity contribution in [2.45, 2.75) is 26.4 Å². The van der Waals surface area contributed by atoms with Crippen LogP contribution in [-0.2, 0) is 16.6 Å². The van der Waals surface area contributed by atoms with Crippen LogP contribution >= 0.6 is 0 Å². The van der Waals surface area contributed by atoms with Gasteiger partial charge in [0.2, 0.25) is 0 Å². The average molecular weight is 409 g/mol. The number of nitrogens with zero attached hydrogens (tertiary/aromatic N) is 5. The monoisotopic (exact) mass is 409 g/mol. The first-order valence-electron chi connectivity index (χ1n) is 9.19. The van der Waals surface area contributed by atoms with Gasteiger partial charge >= 0.3 is 6.09 Å². The summed E-state index contributed by atoms with van der Waals surface area (Å²) in [5, 5.41) is 13.7. The third kappa shape index (κ3) is 6.03. The number of pyridine rings is 1. The Morgan fingerprint density at radius 3 is 2.53 bits per heavy atom. The average Bonchev–Trinajstić information content (AvgIpc) is 3.09. The fourth-order valence-electron chi connectivity index (χ4n) is 2.32. The van der Waals surface area contributed by atoms with Crippen LogP contribution in [0.2, 0.25) is 0 Å². The van der Waals surface area contributed by atoms with E-state index in [1.54, 1.807) is 52.1 Å². The van der Waals surface area contributed by atoms with Gasteiger partial charge in [-0.3, -0.25) is 5.32 Å². The molecule has 1 amide bonds. The number of ether oxygens (including phenoxy) is 1. The maximum Gasteiger partial charge on any atom is 0.413 e. The number of aryl methyl sites for hydroxylation is 1. The van der Waals surface area contributed by atoms with Gasteiger partial charge in [0, 0.05) is 7.05 Å². The smallest absolute Gasteiger partial charge is 0.413 e. The maximum absolute atomic E-state index is 12.1. The van der Waals surface area contributed by atoms with Gasteiger partial charge in [0.25, 0.3) is 5.95 Å². The first kappa shape index (κ1) is 20.8. The van der Waals surface area contributed by atoms with Crippen LogP contribution in [-0.4, -0.2) is 36.9 Å². The van der Waals surface area contributed by atoms with Gasteiger partial charge in [-0.15, -0.1) is 0 Å². The molecule has 0 unspecified atom stereocenters. The van der Waals surface area contributed by atoms with E-state index in [1.165, 1.54) is 4.68 Å². The molecule has 3 rings (SSSR count). The number of carbonyl (C=O) groups is 1. The van der Waals surface area contributed by atoms with Gasteiger partial charge in [0.05, 0.1) is 0 Å². The minimum absolute atomic E-state index is 0.317. The second-order valence-electron chi connectivity index (χ2n) is 7.28. The van der Waals surface area contributed by atoms with Crippen molar-refractivity contribution in [2.75, 3.05) is 10.8 Å². The molecule has 0 aliphatic rings. The highest BCUT2D eigenvalue weighted by Crippen LogP contribution is 2.20. The van der Waals surface area contributed by atoms with Crippen LogP contribution in [0.25, 0.3) is 11.8 Å². The Hall–Kier alpha value is -3.95. The van der Waals surface area contributed by atoms with E-state index in [0.29, 0.717) is 23.2 Å². The number of carbonyl (C=O) groups excluding carboxylic acids is 1. The van der Waals surface area contributed by atoms with E-state index < -0.39 is 11.7 Å². The molecule has 10 heteroatoms. The summed E-state index contributed by atoms with van der Waals surface area (Å²) in [4.78, 5) is 22.3. The molecule has 0 spiro atoms. The number of anilines is 2. The normalized spacial score (nSPS) is 11.7. The van der Waals surface area contributed by atoms with Gasteiger partial charge in [0.1, 0.15) is 17.1 Å². The lowest BCUT2D eigenvalue weighted by molar-refractivity contribution is 0.0635. The highest BCUT2D eigenvalue weighted by atomic mass is 16.7.